The normalized spacial score (nSPS) is 17.1. The van der Waals surface area contributed by atoms with E-state index < -0.39 is 23.3 Å². The van der Waals surface area contributed by atoms with Crippen LogP contribution in [0.5, 0.6) is 0 Å². The number of nitriles is 2. The minimum Gasteiger partial charge on any atom is -0.444 e. The van der Waals surface area contributed by atoms with Crippen molar-refractivity contribution in [2.24, 2.45) is 0 Å². The molecule has 190 valence electrons. The molecule has 2 aliphatic heterocycles. The number of hydrogen-bond acceptors (Lipinski definition) is 6. The van der Waals surface area contributed by atoms with Gasteiger partial charge in [0.25, 0.3) is 5.91 Å². The summed E-state index contributed by atoms with van der Waals surface area (Å²) in [6, 6.07) is 17.5. The summed E-state index contributed by atoms with van der Waals surface area (Å²) in [7, 11) is 0. The van der Waals surface area contributed by atoms with Crippen LogP contribution in [0.25, 0.3) is 0 Å². The van der Waals surface area contributed by atoms with Crippen LogP contribution in [0, 0.1) is 22.7 Å². The number of piperidine rings is 1. The van der Waals surface area contributed by atoms with Crippen molar-refractivity contribution in [3.05, 3.63) is 70.8 Å². The van der Waals surface area contributed by atoms with E-state index >= 15 is 0 Å². The van der Waals surface area contributed by atoms with E-state index in [1.54, 1.807) is 79.1 Å². The summed E-state index contributed by atoms with van der Waals surface area (Å²) in [6.45, 7) is 6.25. The minimum absolute atomic E-state index is 0.0881. The molecule has 2 heterocycles. The van der Waals surface area contributed by atoms with E-state index in [2.05, 4.69) is 12.1 Å². The Morgan fingerprint density at radius 3 is 1.84 bits per heavy atom. The molecule has 2 aromatic carbocycles. The zero-order chi connectivity index (χ0) is 26.8. The van der Waals surface area contributed by atoms with E-state index in [1.165, 1.54) is 4.90 Å². The Hall–Kier alpha value is -4.37. The summed E-state index contributed by atoms with van der Waals surface area (Å²) in [5, 5.41) is 18.2. The molecular formula is C28H29N5O4. The van der Waals surface area contributed by atoms with Gasteiger partial charge in [-0.05, 0) is 69.0 Å². The van der Waals surface area contributed by atoms with E-state index in [-0.39, 0.29) is 44.9 Å². The molecule has 2 fully saturated rings. The Labute approximate surface area is 216 Å². The second-order valence-electron chi connectivity index (χ2n) is 10.4. The van der Waals surface area contributed by atoms with Crippen LogP contribution in [0.4, 0.5) is 9.59 Å². The molecule has 4 amide bonds. The highest BCUT2D eigenvalue weighted by molar-refractivity contribution is 6.07. The van der Waals surface area contributed by atoms with Gasteiger partial charge in [0.15, 0.2) is 0 Å². The molecule has 0 saturated carbocycles. The third-order valence-electron chi connectivity index (χ3n) is 6.71. The average Bonchev–Trinajstić information content (AvgIpc) is 3.05. The zero-order valence-electron chi connectivity index (χ0n) is 21.2. The lowest BCUT2D eigenvalue weighted by atomic mass is 9.85. The van der Waals surface area contributed by atoms with Crippen molar-refractivity contribution in [1.82, 2.24) is 14.7 Å². The van der Waals surface area contributed by atoms with Crippen molar-refractivity contribution in [3.63, 3.8) is 0 Å². The van der Waals surface area contributed by atoms with Gasteiger partial charge in [0.2, 0.25) is 0 Å². The molecule has 0 bridgehead atoms. The fourth-order valence-electron chi connectivity index (χ4n) is 4.74. The predicted octanol–water partition coefficient (Wildman–Crippen LogP) is 4.16. The second kappa shape index (κ2) is 9.94. The molecule has 2 aliphatic rings. The zero-order valence-corrected chi connectivity index (χ0v) is 21.2. The summed E-state index contributed by atoms with van der Waals surface area (Å²) in [5.41, 5.74) is 0.823. The topological polar surface area (TPSA) is 118 Å². The number of imide groups is 1. The minimum atomic E-state index is -1.09. The van der Waals surface area contributed by atoms with Crippen LogP contribution in [0.3, 0.4) is 0 Å². The number of carbonyl (C=O) groups is 3. The second-order valence-corrected chi connectivity index (χ2v) is 10.4. The number of hydrogen-bond donors (Lipinski definition) is 0. The van der Waals surface area contributed by atoms with Crippen LogP contribution < -0.4 is 0 Å². The lowest BCUT2D eigenvalue weighted by molar-refractivity contribution is -0.136. The highest BCUT2D eigenvalue weighted by Crippen LogP contribution is 2.39. The van der Waals surface area contributed by atoms with Gasteiger partial charge in [-0.3, -0.25) is 9.69 Å². The summed E-state index contributed by atoms with van der Waals surface area (Å²) in [5.74, 6) is -0.292. The van der Waals surface area contributed by atoms with Gasteiger partial charge >= 0.3 is 12.1 Å². The summed E-state index contributed by atoms with van der Waals surface area (Å²) in [4.78, 5) is 44.6. The molecule has 2 aromatic rings. The van der Waals surface area contributed by atoms with Crippen LogP contribution in [0.1, 0.15) is 55.9 Å². The summed E-state index contributed by atoms with van der Waals surface area (Å²) >= 11 is 0. The van der Waals surface area contributed by atoms with Crippen LogP contribution in [-0.4, -0.2) is 57.0 Å². The summed E-state index contributed by atoms with van der Waals surface area (Å²) < 4.78 is 5.50. The molecule has 0 radical (unpaired) electrons. The van der Waals surface area contributed by atoms with Gasteiger partial charge in [-0.25, -0.2) is 9.59 Å². The van der Waals surface area contributed by atoms with Gasteiger partial charge in [-0.15, -0.1) is 0 Å². The fraction of sp³-hybridized carbons (Fsp3) is 0.393. The third kappa shape index (κ3) is 5.26. The lowest BCUT2D eigenvalue weighted by Gasteiger charge is -2.42. The Morgan fingerprint density at radius 2 is 1.38 bits per heavy atom. The lowest BCUT2D eigenvalue weighted by Crippen LogP contribution is -2.57. The van der Waals surface area contributed by atoms with E-state index in [0.29, 0.717) is 11.1 Å². The Bertz CT molecular complexity index is 1270. The maximum atomic E-state index is 13.9. The Kier molecular flexibility index (Phi) is 6.91. The third-order valence-corrected chi connectivity index (χ3v) is 6.71. The largest absolute Gasteiger partial charge is 0.444 e. The fourth-order valence-corrected chi connectivity index (χ4v) is 4.74. The highest BCUT2D eigenvalue weighted by atomic mass is 16.6. The molecule has 1 spiro atoms. The number of rotatable bonds is 4. The molecular weight excluding hydrogens is 470 g/mol. The van der Waals surface area contributed by atoms with E-state index in [1.807, 2.05) is 0 Å². The van der Waals surface area contributed by atoms with Gasteiger partial charge in [-0.2, -0.15) is 10.5 Å². The van der Waals surface area contributed by atoms with E-state index in [0.717, 1.165) is 11.1 Å². The van der Waals surface area contributed by atoms with Crippen LogP contribution in [0.15, 0.2) is 48.5 Å². The van der Waals surface area contributed by atoms with Crippen molar-refractivity contribution in [2.75, 3.05) is 13.1 Å². The molecule has 0 aliphatic carbocycles. The van der Waals surface area contributed by atoms with Crippen molar-refractivity contribution < 1.29 is 19.1 Å². The van der Waals surface area contributed by atoms with Crippen molar-refractivity contribution >= 4 is 18.0 Å². The number of nitrogens with zero attached hydrogens (tertiary/aromatic N) is 5. The smallest absolute Gasteiger partial charge is 0.410 e. The quantitative estimate of drug-likeness (QED) is 0.583. The SMILES string of the molecule is CC(C)(C)OC(=O)N1CCC2(CC1)C(=O)N(Cc1ccc(C#N)cc1)C(=O)N2Cc1ccc(C#N)cc1. The molecule has 0 unspecified atom stereocenters. The van der Waals surface area contributed by atoms with Crippen molar-refractivity contribution in [1.29, 1.82) is 10.5 Å². The average molecular weight is 500 g/mol. The number of likely N-dealkylation sites (tertiary alicyclic amines) is 1. The van der Waals surface area contributed by atoms with Crippen LogP contribution in [-0.2, 0) is 22.6 Å². The number of amides is 4. The molecule has 0 N–H and O–H groups in total. The molecule has 37 heavy (non-hydrogen) atoms. The van der Waals surface area contributed by atoms with E-state index in [4.69, 9.17) is 15.3 Å². The predicted molar refractivity (Wildman–Crippen MR) is 134 cm³/mol. The number of benzene rings is 2. The van der Waals surface area contributed by atoms with Gasteiger partial charge in [0.1, 0.15) is 11.1 Å². The first-order valence-corrected chi connectivity index (χ1v) is 12.2. The van der Waals surface area contributed by atoms with Crippen molar-refractivity contribution in [3.8, 4) is 12.1 Å². The Morgan fingerprint density at radius 1 is 0.892 bits per heavy atom. The maximum Gasteiger partial charge on any atom is 0.410 e. The number of carbonyl (C=O) groups excluding carboxylic acids is 3. The van der Waals surface area contributed by atoms with Gasteiger partial charge in [0, 0.05) is 19.6 Å². The van der Waals surface area contributed by atoms with E-state index in [9.17, 15) is 14.4 Å². The molecule has 4 rings (SSSR count). The van der Waals surface area contributed by atoms with Gasteiger partial charge < -0.3 is 14.5 Å². The van der Waals surface area contributed by atoms with Crippen LogP contribution in [0.2, 0.25) is 0 Å². The molecule has 0 atom stereocenters. The molecule has 9 heteroatoms. The monoisotopic (exact) mass is 499 g/mol. The number of ether oxygens (including phenoxy) is 1. The number of urea groups is 1. The Balaban J connectivity index is 1.60. The highest BCUT2D eigenvalue weighted by Gasteiger charge is 2.58. The van der Waals surface area contributed by atoms with Crippen LogP contribution >= 0.6 is 0 Å². The molecule has 9 nitrogen and oxygen atoms in total. The first-order valence-electron chi connectivity index (χ1n) is 12.2. The molecule has 0 aromatic heterocycles. The maximum absolute atomic E-state index is 13.9. The first kappa shape index (κ1) is 25.7. The van der Waals surface area contributed by atoms with Gasteiger partial charge in [-0.1, -0.05) is 24.3 Å². The molecule has 2 saturated heterocycles. The van der Waals surface area contributed by atoms with Gasteiger partial charge in [0.05, 0.1) is 29.8 Å². The summed E-state index contributed by atoms with van der Waals surface area (Å²) in [6.07, 6.45) is 0.140. The first-order chi connectivity index (χ1) is 17.6. The van der Waals surface area contributed by atoms with Crippen molar-refractivity contribution in [2.45, 2.75) is 57.8 Å². The standard InChI is InChI=1S/C28H29N5O4/c1-27(2,3)37-26(36)31-14-12-28(13-15-31)24(34)32(18-22-8-4-20(16-29)5-9-22)25(35)33(28)19-23-10-6-21(17-30)7-11-23/h4-11H,12-15,18-19H2,1-3H3.